The highest BCUT2D eigenvalue weighted by atomic mass is 79.9. The number of anilines is 1. The molecule has 1 aliphatic rings. The number of piperazine rings is 1. The highest BCUT2D eigenvalue weighted by Gasteiger charge is 2.31. The third-order valence-electron chi connectivity index (χ3n) is 5.63. The van der Waals surface area contributed by atoms with Gasteiger partial charge in [-0.1, -0.05) is 22.0 Å². The predicted molar refractivity (Wildman–Crippen MR) is 136 cm³/mol. The summed E-state index contributed by atoms with van der Waals surface area (Å²) in [5.74, 6) is 1.72. The van der Waals surface area contributed by atoms with Crippen LogP contribution in [0.15, 0.2) is 51.1 Å². The van der Waals surface area contributed by atoms with Crippen molar-refractivity contribution in [2.75, 3.05) is 52.4 Å². The van der Waals surface area contributed by atoms with Crippen LogP contribution in [0.25, 0.3) is 0 Å². The van der Waals surface area contributed by atoms with Gasteiger partial charge in [0.1, 0.15) is 10.6 Å². The van der Waals surface area contributed by atoms with Crippen LogP contribution < -0.4 is 19.1 Å². The predicted octanol–water partition coefficient (Wildman–Crippen LogP) is 4.03. The van der Waals surface area contributed by atoms with E-state index in [1.54, 1.807) is 43.8 Å². The molecule has 0 saturated carbocycles. The molecule has 1 fully saturated rings. The number of nitrogens with zero attached hydrogens (tertiary/aromatic N) is 3. The van der Waals surface area contributed by atoms with E-state index in [0.717, 1.165) is 16.4 Å². The Balaban J connectivity index is 1.42. The van der Waals surface area contributed by atoms with Crippen LogP contribution >= 0.6 is 27.3 Å². The summed E-state index contributed by atoms with van der Waals surface area (Å²) in [6.45, 7) is 1.89. The number of hydrogen-bond acceptors (Lipinski definition) is 8. The topological polar surface area (TPSA) is 81.2 Å². The van der Waals surface area contributed by atoms with Crippen LogP contribution in [-0.2, 0) is 16.4 Å². The molecule has 4 rings (SSSR count). The number of sulfonamides is 1. The van der Waals surface area contributed by atoms with E-state index in [1.807, 2.05) is 23.6 Å². The van der Waals surface area contributed by atoms with Crippen molar-refractivity contribution in [3.63, 3.8) is 0 Å². The van der Waals surface area contributed by atoms with Crippen molar-refractivity contribution in [1.82, 2.24) is 9.29 Å². The molecule has 0 atom stereocenters. The van der Waals surface area contributed by atoms with Crippen LogP contribution in [-0.4, -0.2) is 65.2 Å². The Morgan fingerprint density at radius 1 is 0.941 bits per heavy atom. The minimum absolute atomic E-state index is 0.171. The van der Waals surface area contributed by atoms with Gasteiger partial charge in [-0.2, -0.15) is 4.31 Å². The van der Waals surface area contributed by atoms with Crippen molar-refractivity contribution in [2.45, 2.75) is 11.3 Å². The SMILES string of the molecule is COc1ccc(Cc2csc(N3CCN(S(=O)(=O)c4cc(Br)ccc4OC)CC3)n2)cc1OC. The first kappa shape index (κ1) is 24.8. The lowest BCUT2D eigenvalue weighted by molar-refractivity contribution is 0.354. The molecule has 34 heavy (non-hydrogen) atoms. The fraction of sp³-hybridized carbons (Fsp3) is 0.348. The fourth-order valence-corrected chi connectivity index (χ4v) is 6.83. The first-order valence-corrected chi connectivity index (χ1v) is 13.7. The monoisotopic (exact) mass is 567 g/mol. The Kier molecular flexibility index (Phi) is 7.66. The minimum atomic E-state index is -3.67. The van der Waals surface area contributed by atoms with Crippen molar-refractivity contribution in [3.05, 3.63) is 57.5 Å². The lowest BCUT2D eigenvalue weighted by atomic mass is 10.1. The van der Waals surface area contributed by atoms with Gasteiger partial charge in [-0.15, -0.1) is 11.3 Å². The van der Waals surface area contributed by atoms with E-state index in [2.05, 4.69) is 20.8 Å². The molecule has 11 heteroatoms. The van der Waals surface area contributed by atoms with Gasteiger partial charge in [0.25, 0.3) is 0 Å². The molecule has 2 aromatic carbocycles. The van der Waals surface area contributed by atoms with E-state index in [0.29, 0.717) is 54.3 Å². The second kappa shape index (κ2) is 10.5. The van der Waals surface area contributed by atoms with Crippen LogP contribution in [0.1, 0.15) is 11.3 Å². The van der Waals surface area contributed by atoms with Gasteiger partial charge in [0.2, 0.25) is 10.0 Å². The van der Waals surface area contributed by atoms with E-state index in [1.165, 1.54) is 11.4 Å². The Hall–Kier alpha value is -2.34. The number of benzene rings is 2. The zero-order chi connectivity index (χ0) is 24.3. The van der Waals surface area contributed by atoms with Gasteiger partial charge >= 0.3 is 0 Å². The second-order valence-electron chi connectivity index (χ2n) is 7.67. The van der Waals surface area contributed by atoms with Crippen LogP contribution in [0.4, 0.5) is 5.13 Å². The molecule has 0 aliphatic carbocycles. The van der Waals surface area contributed by atoms with Gasteiger partial charge in [0.15, 0.2) is 16.6 Å². The summed E-state index contributed by atoms with van der Waals surface area (Å²) in [5.41, 5.74) is 2.04. The van der Waals surface area contributed by atoms with Crippen LogP contribution in [0.2, 0.25) is 0 Å². The summed E-state index contributed by atoms with van der Waals surface area (Å²) in [6, 6.07) is 10.8. The Morgan fingerprint density at radius 2 is 1.62 bits per heavy atom. The summed E-state index contributed by atoms with van der Waals surface area (Å²) in [4.78, 5) is 7.09. The maximum absolute atomic E-state index is 13.2. The molecule has 182 valence electrons. The van der Waals surface area contributed by atoms with Gasteiger partial charge < -0.3 is 19.1 Å². The fourth-order valence-electron chi connectivity index (χ4n) is 3.83. The number of aromatic nitrogens is 1. The van der Waals surface area contributed by atoms with Gasteiger partial charge in [-0.25, -0.2) is 13.4 Å². The van der Waals surface area contributed by atoms with E-state index in [9.17, 15) is 8.42 Å². The molecule has 0 N–H and O–H groups in total. The third kappa shape index (κ3) is 5.17. The zero-order valence-electron chi connectivity index (χ0n) is 19.2. The third-order valence-corrected chi connectivity index (χ3v) is 8.99. The molecule has 0 bridgehead atoms. The maximum atomic E-state index is 13.2. The number of thiazole rings is 1. The maximum Gasteiger partial charge on any atom is 0.246 e. The lowest BCUT2D eigenvalue weighted by Crippen LogP contribution is -2.48. The number of halogens is 1. The molecule has 0 spiro atoms. The first-order chi connectivity index (χ1) is 16.3. The average Bonchev–Trinajstić information content (AvgIpc) is 3.32. The van der Waals surface area contributed by atoms with Crippen molar-refractivity contribution >= 4 is 42.4 Å². The normalized spacial score (nSPS) is 14.8. The molecule has 0 amide bonds. The van der Waals surface area contributed by atoms with E-state index in [-0.39, 0.29) is 4.90 Å². The lowest BCUT2D eigenvalue weighted by Gasteiger charge is -2.34. The van der Waals surface area contributed by atoms with E-state index >= 15 is 0 Å². The average molecular weight is 569 g/mol. The van der Waals surface area contributed by atoms with Gasteiger partial charge in [-0.3, -0.25) is 0 Å². The Bertz CT molecular complexity index is 1260. The molecule has 3 aromatic rings. The van der Waals surface area contributed by atoms with Crippen LogP contribution in [0.3, 0.4) is 0 Å². The summed E-state index contributed by atoms with van der Waals surface area (Å²) in [6.07, 6.45) is 0.674. The molecule has 1 saturated heterocycles. The van der Waals surface area contributed by atoms with Gasteiger partial charge in [0.05, 0.1) is 27.0 Å². The Labute approximate surface area is 212 Å². The summed E-state index contributed by atoms with van der Waals surface area (Å²) < 4.78 is 44.7. The second-order valence-corrected chi connectivity index (χ2v) is 11.3. The number of methoxy groups -OCH3 is 3. The largest absolute Gasteiger partial charge is 0.495 e. The molecular formula is C23H26BrN3O5S2. The highest BCUT2D eigenvalue weighted by Crippen LogP contribution is 2.32. The quantitative estimate of drug-likeness (QED) is 0.406. The van der Waals surface area contributed by atoms with Crippen molar-refractivity contribution in [3.8, 4) is 17.2 Å². The smallest absolute Gasteiger partial charge is 0.246 e. The minimum Gasteiger partial charge on any atom is -0.495 e. The van der Waals surface area contributed by atoms with Crippen LogP contribution in [0.5, 0.6) is 17.2 Å². The summed E-state index contributed by atoms with van der Waals surface area (Å²) in [5, 5.41) is 2.94. The first-order valence-electron chi connectivity index (χ1n) is 10.6. The molecular weight excluding hydrogens is 542 g/mol. The number of hydrogen-bond donors (Lipinski definition) is 0. The van der Waals surface area contributed by atoms with Gasteiger partial charge in [-0.05, 0) is 35.9 Å². The summed E-state index contributed by atoms with van der Waals surface area (Å²) in [7, 11) is 1.04. The van der Waals surface area contributed by atoms with Crippen molar-refractivity contribution in [2.24, 2.45) is 0 Å². The van der Waals surface area contributed by atoms with Crippen molar-refractivity contribution in [1.29, 1.82) is 0 Å². The molecule has 1 aliphatic heterocycles. The molecule has 2 heterocycles. The van der Waals surface area contributed by atoms with Crippen LogP contribution in [0, 0.1) is 0 Å². The van der Waals surface area contributed by atoms with E-state index < -0.39 is 10.0 Å². The standard InChI is InChI=1S/C23H26BrN3O5S2/c1-30-19-6-4-16(13-21(19)32-3)12-18-15-33-23(25-18)26-8-10-27(11-9-26)34(28,29)22-14-17(24)5-7-20(22)31-2/h4-7,13-15H,8-12H2,1-3H3. The molecule has 1 aromatic heterocycles. The molecule has 0 radical (unpaired) electrons. The molecule has 8 nitrogen and oxygen atoms in total. The van der Waals surface area contributed by atoms with Gasteiger partial charge in [0, 0.05) is 42.5 Å². The molecule has 0 unspecified atom stereocenters. The number of rotatable bonds is 8. The Morgan fingerprint density at radius 3 is 2.29 bits per heavy atom. The number of ether oxygens (including phenoxy) is 3. The summed E-state index contributed by atoms with van der Waals surface area (Å²) >= 11 is 4.93. The van der Waals surface area contributed by atoms with E-state index in [4.69, 9.17) is 19.2 Å². The van der Waals surface area contributed by atoms with Crippen molar-refractivity contribution < 1.29 is 22.6 Å². The highest BCUT2D eigenvalue weighted by molar-refractivity contribution is 9.10. The zero-order valence-corrected chi connectivity index (χ0v) is 22.4.